The molecule has 132 valence electrons. The number of rotatable bonds is 3. The first kappa shape index (κ1) is 16.3. The number of fused-ring (bicyclic) bond motifs is 1. The number of hydrogen-bond donors (Lipinski definition) is 1. The van der Waals surface area contributed by atoms with Crippen molar-refractivity contribution in [1.29, 1.82) is 0 Å². The topological polar surface area (TPSA) is 56.2 Å². The highest BCUT2D eigenvalue weighted by Crippen LogP contribution is 2.28. The second-order valence-electron chi connectivity index (χ2n) is 7.66. The van der Waals surface area contributed by atoms with Crippen molar-refractivity contribution in [2.24, 2.45) is 0 Å². The predicted octanol–water partition coefficient (Wildman–Crippen LogP) is 2.37. The molecule has 2 fully saturated rings. The molecule has 0 atom stereocenters. The van der Waals surface area contributed by atoms with Crippen molar-refractivity contribution in [1.82, 2.24) is 15.1 Å². The predicted molar refractivity (Wildman–Crippen MR) is 93.4 cm³/mol. The van der Waals surface area contributed by atoms with E-state index in [1.807, 2.05) is 6.07 Å². The summed E-state index contributed by atoms with van der Waals surface area (Å²) in [6.07, 6.45) is 11.1. The van der Waals surface area contributed by atoms with E-state index in [1.165, 1.54) is 24.1 Å². The summed E-state index contributed by atoms with van der Waals surface area (Å²) in [4.78, 5) is 12.5. The second-order valence-corrected chi connectivity index (χ2v) is 7.66. The van der Waals surface area contributed by atoms with E-state index in [4.69, 9.17) is 9.84 Å². The first-order valence-corrected chi connectivity index (χ1v) is 9.75. The van der Waals surface area contributed by atoms with E-state index in [1.54, 1.807) is 4.68 Å². The molecule has 0 spiro atoms. The molecule has 5 nitrogen and oxygen atoms in total. The summed E-state index contributed by atoms with van der Waals surface area (Å²) < 4.78 is 7.24. The van der Waals surface area contributed by atoms with Gasteiger partial charge in [0.15, 0.2) is 0 Å². The molecule has 4 rings (SSSR count). The number of hydrogen-bond acceptors (Lipinski definition) is 4. The summed E-state index contributed by atoms with van der Waals surface area (Å²) in [7, 11) is 0. The molecule has 0 amide bonds. The minimum Gasteiger partial charge on any atom is -0.381 e. The van der Waals surface area contributed by atoms with Gasteiger partial charge in [-0.2, -0.15) is 5.10 Å². The Morgan fingerprint density at radius 2 is 1.71 bits per heavy atom. The standard InChI is InChI=1S/C19H29N3O2/c23-19-13-14-3-1-2-4-18(14)21-22(19)17-7-5-15(6-8-17)20-16-9-11-24-12-10-16/h13,15-17,20H,1-12H2. The van der Waals surface area contributed by atoms with Crippen molar-refractivity contribution >= 4 is 0 Å². The first-order chi connectivity index (χ1) is 11.8. The Labute approximate surface area is 143 Å². The molecule has 1 aliphatic heterocycles. The lowest BCUT2D eigenvalue weighted by atomic mass is 9.90. The largest absolute Gasteiger partial charge is 0.381 e. The third kappa shape index (κ3) is 3.57. The Balaban J connectivity index is 1.38. The minimum atomic E-state index is 0.108. The molecule has 0 aromatic carbocycles. The van der Waals surface area contributed by atoms with E-state index in [9.17, 15) is 4.79 Å². The molecule has 0 radical (unpaired) electrons. The summed E-state index contributed by atoms with van der Waals surface area (Å²) >= 11 is 0. The van der Waals surface area contributed by atoms with Gasteiger partial charge in [-0.3, -0.25) is 4.79 Å². The van der Waals surface area contributed by atoms with Crippen LogP contribution in [0.2, 0.25) is 0 Å². The van der Waals surface area contributed by atoms with Crippen molar-refractivity contribution in [3.8, 4) is 0 Å². The zero-order valence-electron chi connectivity index (χ0n) is 14.5. The van der Waals surface area contributed by atoms with Gasteiger partial charge in [0.05, 0.1) is 11.7 Å². The maximum Gasteiger partial charge on any atom is 0.267 e. The third-order valence-corrected chi connectivity index (χ3v) is 5.97. The number of ether oxygens (including phenoxy) is 1. The summed E-state index contributed by atoms with van der Waals surface area (Å²) in [5.74, 6) is 0. The fourth-order valence-corrected chi connectivity index (χ4v) is 4.52. The third-order valence-electron chi connectivity index (χ3n) is 5.97. The maximum absolute atomic E-state index is 12.5. The Morgan fingerprint density at radius 3 is 2.50 bits per heavy atom. The van der Waals surface area contributed by atoms with Gasteiger partial charge in [0.25, 0.3) is 5.56 Å². The molecule has 0 bridgehead atoms. The van der Waals surface area contributed by atoms with Gasteiger partial charge in [-0.25, -0.2) is 4.68 Å². The lowest BCUT2D eigenvalue weighted by Crippen LogP contribution is -2.44. The fourth-order valence-electron chi connectivity index (χ4n) is 4.52. The highest BCUT2D eigenvalue weighted by atomic mass is 16.5. The van der Waals surface area contributed by atoms with Crippen LogP contribution in [0.5, 0.6) is 0 Å². The van der Waals surface area contributed by atoms with Crippen LogP contribution in [0.25, 0.3) is 0 Å². The van der Waals surface area contributed by atoms with Crippen molar-refractivity contribution < 1.29 is 4.74 Å². The summed E-state index contributed by atoms with van der Waals surface area (Å²) in [6.45, 7) is 1.78. The summed E-state index contributed by atoms with van der Waals surface area (Å²) in [5.41, 5.74) is 2.47. The van der Waals surface area contributed by atoms with Crippen LogP contribution < -0.4 is 10.9 Å². The van der Waals surface area contributed by atoms with Gasteiger partial charge in [-0.15, -0.1) is 0 Å². The van der Waals surface area contributed by atoms with Crippen LogP contribution in [0.15, 0.2) is 10.9 Å². The van der Waals surface area contributed by atoms with Gasteiger partial charge in [-0.1, -0.05) is 0 Å². The minimum absolute atomic E-state index is 0.108. The first-order valence-electron chi connectivity index (χ1n) is 9.75. The molecule has 2 heterocycles. The van der Waals surface area contributed by atoms with Crippen LogP contribution in [0.1, 0.15) is 68.7 Å². The van der Waals surface area contributed by atoms with E-state index in [2.05, 4.69) is 5.32 Å². The number of nitrogens with one attached hydrogen (secondary N) is 1. The van der Waals surface area contributed by atoms with E-state index in [-0.39, 0.29) is 11.6 Å². The van der Waals surface area contributed by atoms with Crippen molar-refractivity contribution in [2.75, 3.05) is 13.2 Å². The van der Waals surface area contributed by atoms with E-state index < -0.39 is 0 Å². The van der Waals surface area contributed by atoms with Crippen LogP contribution in [-0.2, 0) is 17.6 Å². The lowest BCUT2D eigenvalue weighted by Gasteiger charge is -2.34. The summed E-state index contributed by atoms with van der Waals surface area (Å²) in [5, 5.41) is 8.55. The molecule has 1 saturated carbocycles. The van der Waals surface area contributed by atoms with Crippen LogP contribution in [0, 0.1) is 0 Å². The molecule has 1 aromatic heterocycles. The van der Waals surface area contributed by atoms with Gasteiger partial charge >= 0.3 is 0 Å². The van der Waals surface area contributed by atoms with Gasteiger partial charge in [0.1, 0.15) is 0 Å². The monoisotopic (exact) mass is 331 g/mol. The molecule has 1 aromatic rings. The van der Waals surface area contributed by atoms with Gasteiger partial charge in [0, 0.05) is 31.4 Å². The molecule has 5 heteroatoms. The van der Waals surface area contributed by atoms with E-state index in [0.717, 1.165) is 64.6 Å². The highest BCUT2D eigenvalue weighted by Gasteiger charge is 2.26. The van der Waals surface area contributed by atoms with E-state index in [0.29, 0.717) is 12.1 Å². The Bertz CT molecular complexity index is 614. The molecule has 1 N–H and O–H groups in total. The van der Waals surface area contributed by atoms with Crippen molar-refractivity contribution in [3.05, 3.63) is 27.7 Å². The maximum atomic E-state index is 12.5. The molecule has 0 unspecified atom stereocenters. The molecule has 24 heavy (non-hydrogen) atoms. The number of nitrogens with zero attached hydrogens (tertiary/aromatic N) is 2. The average molecular weight is 331 g/mol. The average Bonchev–Trinajstić information content (AvgIpc) is 2.63. The molecular formula is C19H29N3O2. The van der Waals surface area contributed by atoms with Gasteiger partial charge in [0.2, 0.25) is 0 Å². The Kier molecular flexibility index (Phi) is 4.99. The zero-order valence-corrected chi connectivity index (χ0v) is 14.5. The smallest absolute Gasteiger partial charge is 0.267 e. The fraction of sp³-hybridized carbons (Fsp3) is 0.789. The van der Waals surface area contributed by atoms with Crippen molar-refractivity contribution in [3.63, 3.8) is 0 Å². The van der Waals surface area contributed by atoms with Crippen molar-refractivity contribution in [2.45, 2.75) is 82.3 Å². The second kappa shape index (κ2) is 7.36. The van der Waals surface area contributed by atoms with E-state index >= 15 is 0 Å². The molecular weight excluding hydrogens is 302 g/mol. The Hall–Kier alpha value is -1.20. The molecule has 1 saturated heterocycles. The number of aryl methyl sites for hydroxylation is 2. The lowest BCUT2D eigenvalue weighted by molar-refractivity contribution is 0.0722. The van der Waals surface area contributed by atoms with Crippen LogP contribution in [-0.4, -0.2) is 35.1 Å². The SMILES string of the molecule is O=c1cc2c(nn1C1CCC(NC3CCOCC3)CC1)CCCC2. The molecule has 2 aliphatic carbocycles. The summed E-state index contributed by atoms with van der Waals surface area (Å²) in [6, 6.07) is 3.36. The number of aromatic nitrogens is 2. The Morgan fingerprint density at radius 1 is 1.00 bits per heavy atom. The highest BCUT2D eigenvalue weighted by molar-refractivity contribution is 5.20. The quantitative estimate of drug-likeness (QED) is 0.924. The van der Waals surface area contributed by atoms with Crippen LogP contribution >= 0.6 is 0 Å². The molecule has 3 aliphatic rings. The van der Waals surface area contributed by atoms with Crippen LogP contribution in [0.3, 0.4) is 0 Å². The van der Waals surface area contributed by atoms with Gasteiger partial charge in [-0.05, 0) is 69.8 Å². The zero-order chi connectivity index (χ0) is 16.4. The van der Waals surface area contributed by atoms with Gasteiger partial charge < -0.3 is 10.1 Å². The van der Waals surface area contributed by atoms with Crippen LogP contribution in [0.4, 0.5) is 0 Å². The normalized spacial score (nSPS) is 28.5.